The minimum absolute atomic E-state index is 0.0176. The molecule has 4 nitrogen and oxygen atoms in total. The van der Waals surface area contributed by atoms with Crippen molar-refractivity contribution in [3.8, 4) is 0 Å². The summed E-state index contributed by atoms with van der Waals surface area (Å²) in [5.41, 5.74) is -0.0176. The molecule has 2 saturated carbocycles. The van der Waals surface area contributed by atoms with Crippen LogP contribution in [0.1, 0.15) is 46.0 Å². The molecule has 2 atom stereocenters. The van der Waals surface area contributed by atoms with Crippen LogP contribution >= 0.6 is 0 Å². The number of aliphatic hydroxyl groups excluding tert-OH is 1. The summed E-state index contributed by atoms with van der Waals surface area (Å²) >= 11 is 0. The lowest BCUT2D eigenvalue weighted by Gasteiger charge is -2.49. The molecule has 4 heteroatoms. The monoisotopic (exact) mass is 240 g/mol. The minimum atomic E-state index is -0.182. The van der Waals surface area contributed by atoms with Gasteiger partial charge < -0.3 is 15.7 Å². The van der Waals surface area contributed by atoms with Gasteiger partial charge in [0.15, 0.2) is 0 Å². The Bertz CT molecular complexity index is 287. The molecule has 3 N–H and O–H groups in total. The molecule has 0 aromatic rings. The summed E-state index contributed by atoms with van der Waals surface area (Å²) in [6.07, 6.45) is 4.44. The first-order valence-corrected chi connectivity index (χ1v) is 6.71. The van der Waals surface area contributed by atoms with Crippen LogP contribution in [0, 0.1) is 5.41 Å². The highest BCUT2D eigenvalue weighted by Gasteiger charge is 2.46. The van der Waals surface area contributed by atoms with E-state index < -0.39 is 0 Å². The number of rotatable bonds is 6. The summed E-state index contributed by atoms with van der Waals surface area (Å²) in [6, 6.07) is 0.861. The zero-order valence-electron chi connectivity index (χ0n) is 10.8. The Morgan fingerprint density at radius 3 is 2.65 bits per heavy atom. The molecule has 0 heterocycles. The van der Waals surface area contributed by atoms with E-state index in [2.05, 4.69) is 24.5 Å². The molecular formula is C13H24N2O2. The van der Waals surface area contributed by atoms with Gasteiger partial charge in [0.1, 0.15) is 0 Å². The molecule has 2 fully saturated rings. The van der Waals surface area contributed by atoms with Gasteiger partial charge in [0, 0.05) is 23.9 Å². The molecule has 0 aromatic heterocycles. The summed E-state index contributed by atoms with van der Waals surface area (Å²) in [6.45, 7) is 5.02. The number of nitrogens with one attached hydrogen (secondary N) is 2. The highest BCUT2D eigenvalue weighted by Crippen LogP contribution is 2.40. The van der Waals surface area contributed by atoms with Gasteiger partial charge in [0.05, 0.1) is 6.10 Å². The van der Waals surface area contributed by atoms with Crippen LogP contribution in [0.3, 0.4) is 0 Å². The second kappa shape index (κ2) is 4.94. The Hall–Kier alpha value is -0.610. The molecular weight excluding hydrogens is 216 g/mol. The average molecular weight is 240 g/mol. The van der Waals surface area contributed by atoms with Crippen molar-refractivity contribution in [2.24, 2.45) is 5.41 Å². The smallest absolute Gasteiger partial charge is 0.220 e. The van der Waals surface area contributed by atoms with Gasteiger partial charge in [-0.2, -0.15) is 0 Å². The summed E-state index contributed by atoms with van der Waals surface area (Å²) < 4.78 is 0. The Morgan fingerprint density at radius 1 is 1.41 bits per heavy atom. The molecule has 98 valence electrons. The van der Waals surface area contributed by atoms with E-state index in [1.54, 1.807) is 0 Å². The first kappa shape index (κ1) is 12.8. The van der Waals surface area contributed by atoms with Gasteiger partial charge in [0.2, 0.25) is 5.91 Å². The molecule has 2 unspecified atom stereocenters. The molecule has 0 spiro atoms. The fourth-order valence-electron chi connectivity index (χ4n) is 2.30. The van der Waals surface area contributed by atoms with Gasteiger partial charge in [-0.05, 0) is 32.2 Å². The molecule has 17 heavy (non-hydrogen) atoms. The number of amides is 1. The van der Waals surface area contributed by atoms with Gasteiger partial charge in [-0.15, -0.1) is 0 Å². The number of hydrogen-bond donors (Lipinski definition) is 3. The lowest BCUT2D eigenvalue weighted by Crippen LogP contribution is -2.60. The number of carbonyl (C=O) groups excluding carboxylic acids is 1. The van der Waals surface area contributed by atoms with Crippen molar-refractivity contribution in [3.63, 3.8) is 0 Å². The molecule has 0 radical (unpaired) electrons. The maximum absolute atomic E-state index is 11.4. The van der Waals surface area contributed by atoms with E-state index >= 15 is 0 Å². The lowest BCUT2D eigenvalue weighted by molar-refractivity contribution is -0.121. The van der Waals surface area contributed by atoms with Gasteiger partial charge in [-0.3, -0.25) is 4.79 Å². The topological polar surface area (TPSA) is 61.4 Å². The van der Waals surface area contributed by atoms with Crippen LogP contribution in [0.4, 0.5) is 0 Å². The lowest BCUT2D eigenvalue weighted by atomic mass is 9.64. The first-order chi connectivity index (χ1) is 8.00. The maximum Gasteiger partial charge on any atom is 0.220 e. The molecule has 0 saturated heterocycles. The summed E-state index contributed by atoms with van der Waals surface area (Å²) in [4.78, 5) is 11.4. The van der Waals surface area contributed by atoms with Gasteiger partial charge in [0.25, 0.3) is 0 Å². The normalized spacial score (nSPS) is 30.8. The SMILES string of the molecule is CC1(C)C(O)CC1NCCCC(=O)NC1CC1. The van der Waals surface area contributed by atoms with E-state index in [0.717, 1.165) is 32.2 Å². The molecule has 2 rings (SSSR count). The van der Waals surface area contributed by atoms with Gasteiger partial charge in [-0.25, -0.2) is 0 Å². The van der Waals surface area contributed by atoms with Crippen molar-refractivity contribution in [1.29, 1.82) is 0 Å². The third-order valence-corrected chi connectivity index (χ3v) is 4.13. The fraction of sp³-hybridized carbons (Fsp3) is 0.923. The van der Waals surface area contributed by atoms with Crippen LogP contribution < -0.4 is 10.6 Å². The second-order valence-electron chi connectivity index (χ2n) is 6.02. The number of carbonyl (C=O) groups is 1. The van der Waals surface area contributed by atoms with Crippen LogP contribution in [0.2, 0.25) is 0 Å². The Kier molecular flexibility index (Phi) is 3.73. The van der Waals surface area contributed by atoms with Crippen molar-refractivity contribution in [1.82, 2.24) is 10.6 Å². The fourth-order valence-corrected chi connectivity index (χ4v) is 2.30. The van der Waals surface area contributed by atoms with Crippen molar-refractivity contribution < 1.29 is 9.90 Å². The Labute approximate surface area is 103 Å². The Morgan fingerprint density at radius 2 is 2.12 bits per heavy atom. The Balaban J connectivity index is 1.53. The van der Waals surface area contributed by atoms with Gasteiger partial charge >= 0.3 is 0 Å². The van der Waals surface area contributed by atoms with E-state index in [1.807, 2.05) is 0 Å². The standard InChI is InChI=1S/C13H24N2O2/c1-13(2)10(8-11(13)16)14-7-3-4-12(17)15-9-5-6-9/h9-11,14,16H,3-8H2,1-2H3,(H,15,17). The summed E-state index contributed by atoms with van der Waals surface area (Å²) in [5.74, 6) is 0.183. The van der Waals surface area contributed by atoms with E-state index in [0.29, 0.717) is 18.5 Å². The van der Waals surface area contributed by atoms with Crippen molar-refractivity contribution >= 4 is 5.91 Å². The third-order valence-electron chi connectivity index (χ3n) is 4.13. The molecule has 0 bridgehead atoms. The summed E-state index contributed by atoms with van der Waals surface area (Å²) in [5, 5.41) is 16.0. The molecule has 0 aliphatic heterocycles. The van der Waals surface area contributed by atoms with Crippen LogP contribution in [0.5, 0.6) is 0 Å². The molecule has 0 aromatic carbocycles. The maximum atomic E-state index is 11.4. The third kappa shape index (κ3) is 3.19. The number of aliphatic hydroxyl groups is 1. The van der Waals surface area contributed by atoms with E-state index in [4.69, 9.17) is 0 Å². The quantitative estimate of drug-likeness (QED) is 0.602. The van der Waals surface area contributed by atoms with Crippen molar-refractivity contribution in [2.45, 2.75) is 64.1 Å². The second-order valence-corrected chi connectivity index (χ2v) is 6.02. The molecule has 2 aliphatic carbocycles. The summed E-state index contributed by atoms with van der Waals surface area (Å²) in [7, 11) is 0. The highest BCUT2D eigenvalue weighted by molar-refractivity contribution is 5.76. The van der Waals surface area contributed by atoms with Crippen LogP contribution in [-0.4, -0.2) is 35.7 Å². The largest absolute Gasteiger partial charge is 0.392 e. The molecule has 1 amide bonds. The average Bonchev–Trinajstić information content (AvgIpc) is 3.06. The minimum Gasteiger partial charge on any atom is -0.392 e. The van der Waals surface area contributed by atoms with Crippen LogP contribution in [-0.2, 0) is 4.79 Å². The van der Waals surface area contributed by atoms with Crippen LogP contribution in [0.25, 0.3) is 0 Å². The first-order valence-electron chi connectivity index (χ1n) is 6.71. The van der Waals surface area contributed by atoms with E-state index in [1.165, 1.54) is 0 Å². The highest BCUT2D eigenvalue weighted by atomic mass is 16.3. The van der Waals surface area contributed by atoms with Gasteiger partial charge in [-0.1, -0.05) is 13.8 Å². The predicted octanol–water partition coefficient (Wildman–Crippen LogP) is 0.794. The predicted molar refractivity (Wildman–Crippen MR) is 66.6 cm³/mol. The van der Waals surface area contributed by atoms with Crippen LogP contribution in [0.15, 0.2) is 0 Å². The van der Waals surface area contributed by atoms with E-state index in [9.17, 15) is 9.90 Å². The van der Waals surface area contributed by atoms with Crippen molar-refractivity contribution in [2.75, 3.05) is 6.54 Å². The molecule has 2 aliphatic rings. The zero-order chi connectivity index (χ0) is 12.5. The number of hydrogen-bond acceptors (Lipinski definition) is 3. The van der Waals surface area contributed by atoms with Crippen molar-refractivity contribution in [3.05, 3.63) is 0 Å². The van der Waals surface area contributed by atoms with E-state index in [-0.39, 0.29) is 17.4 Å². The zero-order valence-corrected chi connectivity index (χ0v) is 10.8.